The average Bonchev–Trinajstić information content (AvgIpc) is 1.41. The Kier molecular flexibility index (Phi) is 35.3. The van der Waals surface area contributed by atoms with Crippen molar-refractivity contribution in [1.29, 1.82) is 0 Å². The van der Waals surface area contributed by atoms with E-state index in [-0.39, 0.29) is 65.4 Å². The molecule has 0 fully saturated rings. The molecule has 0 rings (SSSR count). The molecule has 0 unspecified atom stereocenters. The summed E-state index contributed by atoms with van der Waals surface area (Å²) in [5.41, 5.74) is 0. The van der Waals surface area contributed by atoms with Gasteiger partial charge < -0.3 is 15.0 Å². The molecule has 0 aromatic rings. The molecule has 0 aromatic heterocycles. The molecule has 7 heavy (non-hydrogen) atoms. The number of carboxylic acid groups (broad SMARTS) is 2. The van der Waals surface area contributed by atoms with E-state index in [1.165, 1.54) is 0 Å². The summed E-state index contributed by atoms with van der Waals surface area (Å²) >= 11 is 0.125. The molecule has 0 aliphatic carbocycles. The molecule has 32 valence electrons. The van der Waals surface area contributed by atoms with Gasteiger partial charge in [0, 0.05) is 0 Å². The summed E-state index contributed by atoms with van der Waals surface area (Å²) in [5.74, 6) is 0. The molecule has 6 heteroatoms. The van der Waals surface area contributed by atoms with Gasteiger partial charge in [-0.1, -0.05) is 0 Å². The number of carbonyl (C=O) groups is 1. The second-order valence-corrected chi connectivity index (χ2v) is 0.266. The quantitative estimate of drug-likeness (QED) is 0.343. The van der Waals surface area contributed by atoms with Gasteiger partial charge in [-0.3, -0.25) is 0 Å². The summed E-state index contributed by atoms with van der Waals surface area (Å²) in [7, 11) is 0. The summed E-state index contributed by atoms with van der Waals surface area (Å²) < 4.78 is 8.38. The molecule has 0 aliphatic rings. The van der Waals surface area contributed by atoms with Crippen molar-refractivity contribution in [2.24, 2.45) is 0 Å². The topological polar surface area (TPSA) is 77.4 Å². The fourth-order valence-electron chi connectivity index (χ4n) is 0. The predicted octanol–water partition coefficient (Wildman–Crippen LogP) is -4.61. The van der Waals surface area contributed by atoms with E-state index in [0.717, 1.165) is 0 Å². The first kappa shape index (κ1) is 15.8. The zero-order chi connectivity index (χ0) is 5.58. The van der Waals surface area contributed by atoms with E-state index < -0.39 is 6.16 Å². The third-order valence-corrected chi connectivity index (χ3v) is 0. The van der Waals surface area contributed by atoms with Gasteiger partial charge >= 0.3 is 66.9 Å². The Morgan fingerprint density at radius 3 is 1.57 bits per heavy atom. The fraction of sp³-hybridized carbons (Fsp3) is 0. The van der Waals surface area contributed by atoms with Gasteiger partial charge in [0.1, 0.15) is 0 Å². The number of rotatable bonds is 0. The van der Waals surface area contributed by atoms with Crippen LogP contribution in [0.3, 0.4) is 0 Å². The summed E-state index contributed by atoms with van der Waals surface area (Å²) in [4.78, 5) is 8.44. The van der Waals surface area contributed by atoms with Crippen LogP contribution in [-0.2, 0) is 1.43 Å². The van der Waals surface area contributed by atoms with Gasteiger partial charge in [-0.05, 0) is 0 Å². The minimum absolute atomic E-state index is 0. The second kappa shape index (κ2) is 15.7. The Labute approximate surface area is 86.6 Å². The fourth-order valence-corrected chi connectivity index (χ4v) is 0. The van der Waals surface area contributed by atoms with E-state index in [1.807, 2.05) is 0 Å². The number of hydrogen-bond acceptors (Lipinski definition) is 3. The predicted molar refractivity (Wildman–Crippen MR) is 14.5 cm³/mol. The molecule has 0 heterocycles. The van der Waals surface area contributed by atoms with E-state index in [2.05, 4.69) is 0 Å². The minimum atomic E-state index is -2.08. The molecule has 0 spiro atoms. The standard InChI is InChI=1S/CH2O3.Ca.Na.O/c2-1(3)4;;;/h(H2,2,3,4);;;/q;;+1;/p-1. The Balaban J connectivity index is -0.0000000480. The van der Waals surface area contributed by atoms with E-state index in [1.54, 1.807) is 0 Å². The van der Waals surface area contributed by atoms with Crippen molar-refractivity contribution in [2.45, 2.75) is 0 Å². The van der Waals surface area contributed by atoms with Crippen LogP contribution >= 0.6 is 0 Å². The molecule has 4 nitrogen and oxygen atoms in total. The molecule has 0 atom stereocenters. The Morgan fingerprint density at radius 2 is 1.57 bits per heavy atom. The maximum atomic E-state index is 8.44. The second-order valence-electron chi connectivity index (χ2n) is 0.266. The van der Waals surface area contributed by atoms with E-state index in [9.17, 15) is 0 Å². The van der Waals surface area contributed by atoms with Crippen LogP contribution in [0.4, 0.5) is 4.79 Å². The number of hydrogen-bond donors (Lipinski definition) is 1. The molecule has 0 bridgehead atoms. The van der Waals surface area contributed by atoms with Crippen molar-refractivity contribution in [3.05, 3.63) is 0 Å². The third-order valence-electron chi connectivity index (χ3n) is 0. The molecule has 0 radical (unpaired) electrons. The van der Waals surface area contributed by atoms with Crippen molar-refractivity contribution < 1.29 is 46.0 Å². The van der Waals surface area contributed by atoms with Crippen molar-refractivity contribution in [1.82, 2.24) is 0 Å². The first-order valence-electron chi connectivity index (χ1n) is 0.921. The van der Waals surface area contributed by atoms with Gasteiger partial charge in [-0.2, -0.15) is 0 Å². The van der Waals surface area contributed by atoms with Crippen molar-refractivity contribution in [3.63, 3.8) is 0 Å². The van der Waals surface area contributed by atoms with Gasteiger partial charge in [-0.25, -0.2) is 0 Å². The van der Waals surface area contributed by atoms with Gasteiger partial charge in [0.25, 0.3) is 0 Å². The van der Waals surface area contributed by atoms with Crippen LogP contribution < -0.4 is 34.7 Å². The molecule has 0 aromatic carbocycles. The third kappa shape index (κ3) is 118. The molecule has 0 amide bonds. The van der Waals surface area contributed by atoms with Crippen molar-refractivity contribution >= 4 is 42.0 Å². The summed E-state index contributed by atoms with van der Waals surface area (Å²) in [6, 6.07) is 0. The molecule has 0 saturated heterocycles. The normalized spacial score (nSPS) is 4.29. The van der Waals surface area contributed by atoms with Crippen molar-refractivity contribution in [3.8, 4) is 0 Å². The van der Waals surface area contributed by atoms with Gasteiger partial charge in [0.05, 0.1) is 0 Å². The first-order valence-corrected chi connectivity index (χ1v) is 1.82. The SMILES string of the molecule is O=C([O-])O.[Na+].[O]=[Ca]. The summed E-state index contributed by atoms with van der Waals surface area (Å²) in [6.45, 7) is 0. The van der Waals surface area contributed by atoms with Crippen LogP contribution in [0.1, 0.15) is 0 Å². The molecular formula is CHCaNaO4. The summed E-state index contributed by atoms with van der Waals surface area (Å²) in [6.07, 6.45) is -2.08. The zero-order valence-corrected chi connectivity index (χ0v) is 8.09. The van der Waals surface area contributed by atoms with Crippen LogP contribution in [0.25, 0.3) is 0 Å². The van der Waals surface area contributed by atoms with E-state index in [0.29, 0.717) is 0 Å². The van der Waals surface area contributed by atoms with Gasteiger partial charge in [-0.15, -0.1) is 0 Å². The molecule has 0 saturated carbocycles. The monoisotopic (exact) mass is 140 g/mol. The van der Waals surface area contributed by atoms with E-state index in [4.69, 9.17) is 16.4 Å². The van der Waals surface area contributed by atoms with Gasteiger partial charge in [0.2, 0.25) is 6.16 Å². The van der Waals surface area contributed by atoms with E-state index >= 15 is 0 Å². The Hall–Kier alpha value is 1.33. The molecule has 0 aliphatic heterocycles. The van der Waals surface area contributed by atoms with Crippen LogP contribution in [0, 0.1) is 0 Å². The first-order chi connectivity index (χ1) is 2.73. The maximum absolute atomic E-state index is 8.44. The molecular weight excluding hydrogens is 139 g/mol. The van der Waals surface area contributed by atoms with Crippen LogP contribution in [0.2, 0.25) is 0 Å². The average molecular weight is 140 g/mol. The van der Waals surface area contributed by atoms with Crippen LogP contribution in [0.5, 0.6) is 0 Å². The van der Waals surface area contributed by atoms with Crippen LogP contribution in [0.15, 0.2) is 0 Å². The summed E-state index contributed by atoms with van der Waals surface area (Å²) in [5, 5.41) is 15.3. The van der Waals surface area contributed by atoms with Gasteiger partial charge in [0.15, 0.2) is 0 Å². The zero-order valence-electron chi connectivity index (χ0n) is 3.88. The molecule has 1 N–H and O–H groups in total. The Bertz CT molecular complexity index is 43.0. The Morgan fingerprint density at radius 1 is 1.57 bits per heavy atom. The van der Waals surface area contributed by atoms with Crippen LogP contribution in [-0.4, -0.2) is 47.1 Å². The van der Waals surface area contributed by atoms with Crippen molar-refractivity contribution in [2.75, 3.05) is 0 Å².